The molecule has 1 fully saturated rings. The smallest absolute Gasteiger partial charge is 0.249 e. The molecule has 0 spiro atoms. The van der Waals surface area contributed by atoms with Crippen LogP contribution in [0.3, 0.4) is 0 Å². The van der Waals surface area contributed by atoms with Gasteiger partial charge < -0.3 is 15.4 Å². The first kappa shape index (κ1) is 16.0. The highest BCUT2D eigenvalue weighted by Gasteiger charge is 2.34. The van der Waals surface area contributed by atoms with E-state index in [9.17, 15) is 9.59 Å². The molecule has 2 aliphatic rings. The Hall–Kier alpha value is -1.88. The second kappa shape index (κ2) is 7.13. The Morgan fingerprint density at radius 2 is 1.91 bits per heavy atom. The number of nitrogens with zero attached hydrogens (tertiary/aromatic N) is 1. The molecule has 0 aromatic heterocycles. The highest BCUT2D eigenvalue weighted by molar-refractivity contribution is 5.89. The summed E-state index contributed by atoms with van der Waals surface area (Å²) in [5, 5.41) is 0. The molecule has 2 N–H and O–H groups in total. The Balaban J connectivity index is 1.68. The summed E-state index contributed by atoms with van der Waals surface area (Å²) < 4.78 is 5.77. The molecule has 1 aliphatic carbocycles. The Morgan fingerprint density at radius 1 is 1.17 bits per heavy atom. The fraction of sp³-hybridized carbons (Fsp3) is 0.556. The Labute approximate surface area is 136 Å². The average molecular weight is 316 g/mol. The van der Waals surface area contributed by atoms with E-state index >= 15 is 0 Å². The van der Waals surface area contributed by atoms with Crippen LogP contribution in [-0.4, -0.2) is 36.0 Å². The normalized spacial score (nSPS) is 21.7. The fourth-order valence-electron chi connectivity index (χ4n) is 3.65. The third-order valence-corrected chi connectivity index (χ3v) is 4.87. The van der Waals surface area contributed by atoms with Crippen molar-refractivity contribution in [2.24, 2.45) is 5.73 Å². The number of rotatable bonds is 4. The lowest BCUT2D eigenvalue weighted by atomic mass is 9.92. The van der Waals surface area contributed by atoms with Crippen LogP contribution in [0.15, 0.2) is 24.3 Å². The molecule has 0 bridgehead atoms. The number of carbonyl (C=O) groups is 2. The van der Waals surface area contributed by atoms with Crippen molar-refractivity contribution in [2.45, 2.75) is 50.7 Å². The summed E-state index contributed by atoms with van der Waals surface area (Å²) in [6.45, 7) is 0.550. The molecule has 1 atom stereocenters. The summed E-state index contributed by atoms with van der Waals surface area (Å²) >= 11 is 0. The SMILES string of the molecule is NC(=O)C1c2ccccc2CCN1C(=O)COC1CCCCC1. The van der Waals surface area contributed by atoms with Gasteiger partial charge in [-0.05, 0) is 30.4 Å². The molecule has 1 aliphatic heterocycles. The van der Waals surface area contributed by atoms with Crippen LogP contribution in [-0.2, 0) is 20.7 Å². The van der Waals surface area contributed by atoms with E-state index in [-0.39, 0.29) is 18.6 Å². The molecular weight excluding hydrogens is 292 g/mol. The molecule has 124 valence electrons. The largest absolute Gasteiger partial charge is 0.368 e. The monoisotopic (exact) mass is 316 g/mol. The van der Waals surface area contributed by atoms with Gasteiger partial charge >= 0.3 is 0 Å². The van der Waals surface area contributed by atoms with Crippen molar-refractivity contribution in [3.63, 3.8) is 0 Å². The summed E-state index contributed by atoms with van der Waals surface area (Å²) in [4.78, 5) is 26.1. The molecule has 5 heteroatoms. The minimum Gasteiger partial charge on any atom is -0.368 e. The summed E-state index contributed by atoms with van der Waals surface area (Å²) in [5.74, 6) is -0.628. The van der Waals surface area contributed by atoms with E-state index in [1.807, 2.05) is 24.3 Å². The van der Waals surface area contributed by atoms with E-state index in [0.717, 1.165) is 30.4 Å². The van der Waals surface area contributed by atoms with Gasteiger partial charge in [-0.25, -0.2) is 0 Å². The molecule has 2 amide bonds. The van der Waals surface area contributed by atoms with Crippen molar-refractivity contribution in [1.82, 2.24) is 4.90 Å². The number of amides is 2. The van der Waals surface area contributed by atoms with Crippen molar-refractivity contribution >= 4 is 11.8 Å². The first-order chi connectivity index (χ1) is 11.2. The zero-order valence-electron chi connectivity index (χ0n) is 13.4. The maximum Gasteiger partial charge on any atom is 0.249 e. The maximum absolute atomic E-state index is 12.6. The summed E-state index contributed by atoms with van der Waals surface area (Å²) in [6.07, 6.45) is 6.55. The van der Waals surface area contributed by atoms with Crippen LogP contribution in [0.4, 0.5) is 0 Å². The lowest BCUT2D eigenvalue weighted by molar-refractivity contribution is -0.146. The van der Waals surface area contributed by atoms with Gasteiger partial charge in [0, 0.05) is 6.54 Å². The van der Waals surface area contributed by atoms with Crippen LogP contribution >= 0.6 is 0 Å². The molecule has 1 unspecified atom stereocenters. The van der Waals surface area contributed by atoms with Crippen molar-refractivity contribution in [3.05, 3.63) is 35.4 Å². The topological polar surface area (TPSA) is 72.6 Å². The zero-order valence-corrected chi connectivity index (χ0v) is 13.4. The number of nitrogens with two attached hydrogens (primary N) is 1. The van der Waals surface area contributed by atoms with E-state index in [1.54, 1.807) is 4.90 Å². The fourth-order valence-corrected chi connectivity index (χ4v) is 3.65. The van der Waals surface area contributed by atoms with Gasteiger partial charge in [0.05, 0.1) is 6.10 Å². The lowest BCUT2D eigenvalue weighted by Gasteiger charge is -2.35. The van der Waals surface area contributed by atoms with E-state index in [0.29, 0.717) is 6.54 Å². The Bertz CT molecular complexity index is 581. The molecule has 5 nitrogen and oxygen atoms in total. The maximum atomic E-state index is 12.6. The number of primary amides is 1. The minimum atomic E-state index is -0.678. The average Bonchev–Trinajstić information content (AvgIpc) is 2.59. The first-order valence-electron chi connectivity index (χ1n) is 8.45. The molecule has 1 aromatic carbocycles. The number of ether oxygens (including phenoxy) is 1. The van der Waals surface area contributed by atoms with Gasteiger partial charge in [-0.3, -0.25) is 9.59 Å². The van der Waals surface area contributed by atoms with Gasteiger partial charge in [-0.2, -0.15) is 0 Å². The predicted molar refractivity (Wildman–Crippen MR) is 86.6 cm³/mol. The second-order valence-corrected chi connectivity index (χ2v) is 6.41. The quantitative estimate of drug-likeness (QED) is 0.922. The number of fused-ring (bicyclic) bond motifs is 1. The van der Waals surface area contributed by atoms with Crippen LogP contribution in [0, 0.1) is 0 Å². The number of hydrogen-bond donors (Lipinski definition) is 1. The van der Waals surface area contributed by atoms with E-state index < -0.39 is 11.9 Å². The van der Waals surface area contributed by atoms with Gasteiger partial charge in [-0.1, -0.05) is 43.5 Å². The van der Waals surface area contributed by atoms with Crippen molar-refractivity contribution in [1.29, 1.82) is 0 Å². The van der Waals surface area contributed by atoms with Crippen molar-refractivity contribution in [2.75, 3.05) is 13.2 Å². The highest BCUT2D eigenvalue weighted by atomic mass is 16.5. The van der Waals surface area contributed by atoms with Crippen LogP contribution in [0.5, 0.6) is 0 Å². The molecule has 3 rings (SSSR count). The standard InChI is InChI=1S/C18H24N2O3/c19-18(22)17-15-9-5-4-6-13(15)10-11-20(17)16(21)12-23-14-7-2-1-3-8-14/h4-6,9,14,17H,1-3,7-8,10-12H2,(H2,19,22). The Kier molecular flexibility index (Phi) is 4.96. The van der Waals surface area contributed by atoms with E-state index in [1.165, 1.54) is 19.3 Å². The predicted octanol–water partition coefficient (Wildman–Crippen LogP) is 1.95. The molecule has 0 radical (unpaired) electrons. The highest BCUT2D eigenvalue weighted by Crippen LogP contribution is 2.29. The zero-order chi connectivity index (χ0) is 16.2. The van der Waals surface area contributed by atoms with Crippen LogP contribution in [0.2, 0.25) is 0 Å². The van der Waals surface area contributed by atoms with Gasteiger partial charge in [-0.15, -0.1) is 0 Å². The van der Waals surface area contributed by atoms with Gasteiger partial charge in [0.25, 0.3) is 0 Å². The number of benzene rings is 1. The first-order valence-corrected chi connectivity index (χ1v) is 8.45. The number of carbonyl (C=O) groups excluding carboxylic acids is 2. The summed E-state index contributed by atoms with van der Waals surface area (Å²) in [7, 11) is 0. The molecular formula is C18H24N2O3. The molecule has 1 saturated carbocycles. The lowest BCUT2D eigenvalue weighted by Crippen LogP contribution is -2.47. The number of hydrogen-bond acceptors (Lipinski definition) is 3. The second-order valence-electron chi connectivity index (χ2n) is 6.41. The van der Waals surface area contributed by atoms with Gasteiger partial charge in [0.1, 0.15) is 12.6 Å². The van der Waals surface area contributed by atoms with Crippen LogP contribution < -0.4 is 5.73 Å². The third kappa shape index (κ3) is 3.55. The third-order valence-electron chi connectivity index (χ3n) is 4.87. The molecule has 1 heterocycles. The van der Waals surface area contributed by atoms with Crippen molar-refractivity contribution < 1.29 is 14.3 Å². The summed E-state index contributed by atoms with van der Waals surface area (Å²) in [6, 6.07) is 7.02. The minimum absolute atomic E-state index is 0.0383. The van der Waals surface area contributed by atoms with Crippen molar-refractivity contribution in [3.8, 4) is 0 Å². The molecule has 23 heavy (non-hydrogen) atoms. The Morgan fingerprint density at radius 3 is 2.65 bits per heavy atom. The van der Waals surface area contributed by atoms with E-state index in [4.69, 9.17) is 10.5 Å². The molecule has 0 saturated heterocycles. The van der Waals surface area contributed by atoms with Crippen LogP contribution in [0.1, 0.15) is 49.3 Å². The van der Waals surface area contributed by atoms with Gasteiger partial charge in [0.2, 0.25) is 11.8 Å². The van der Waals surface area contributed by atoms with Gasteiger partial charge in [0.15, 0.2) is 0 Å². The summed E-state index contributed by atoms with van der Waals surface area (Å²) in [5.41, 5.74) is 7.51. The van der Waals surface area contributed by atoms with Crippen LogP contribution in [0.25, 0.3) is 0 Å². The van der Waals surface area contributed by atoms with E-state index in [2.05, 4.69) is 0 Å². The molecule has 1 aromatic rings.